The Labute approximate surface area is 111 Å². The molecule has 19 heavy (non-hydrogen) atoms. The van der Waals surface area contributed by atoms with Crippen LogP contribution in [0.5, 0.6) is 0 Å². The summed E-state index contributed by atoms with van der Waals surface area (Å²) in [5.74, 6) is -0.274. The van der Waals surface area contributed by atoms with Crippen LogP contribution in [0.2, 0.25) is 0 Å². The molecule has 0 atom stereocenters. The molecule has 0 bridgehead atoms. The Balaban J connectivity index is 1.88. The minimum absolute atomic E-state index is 0.263. The average Bonchev–Trinajstić information content (AvgIpc) is 2.81. The molecular weight excluding hydrogens is 242 g/mol. The number of pyridine rings is 1. The summed E-state index contributed by atoms with van der Waals surface area (Å²) in [6.07, 6.45) is 7.06. The van der Waals surface area contributed by atoms with Gasteiger partial charge < -0.3 is 14.8 Å². The SMILES string of the molecule is O=C(O)c1cccn2cc(CC3CCNCC3)nc12. The van der Waals surface area contributed by atoms with Gasteiger partial charge in [-0.1, -0.05) is 0 Å². The lowest BCUT2D eigenvalue weighted by molar-refractivity contribution is 0.0698. The van der Waals surface area contributed by atoms with E-state index in [1.807, 2.05) is 12.4 Å². The van der Waals surface area contributed by atoms with E-state index in [9.17, 15) is 4.79 Å². The molecule has 2 N–H and O–H groups in total. The third-order valence-corrected chi connectivity index (χ3v) is 3.72. The van der Waals surface area contributed by atoms with Crippen LogP contribution in [-0.2, 0) is 6.42 Å². The van der Waals surface area contributed by atoms with Crippen LogP contribution < -0.4 is 5.32 Å². The number of fused-ring (bicyclic) bond motifs is 1. The normalized spacial score (nSPS) is 16.8. The van der Waals surface area contributed by atoms with Crippen molar-refractivity contribution in [1.29, 1.82) is 0 Å². The molecule has 100 valence electrons. The standard InChI is InChI=1S/C14H17N3O2/c18-14(19)12-2-1-7-17-9-11(16-13(12)17)8-10-3-5-15-6-4-10/h1-2,7,9-10,15H,3-6,8H2,(H,18,19). The van der Waals surface area contributed by atoms with Crippen molar-refractivity contribution in [2.24, 2.45) is 5.92 Å². The van der Waals surface area contributed by atoms with Gasteiger partial charge in [0.25, 0.3) is 0 Å². The minimum atomic E-state index is -0.926. The number of nitrogens with one attached hydrogen (secondary N) is 1. The number of hydrogen-bond donors (Lipinski definition) is 2. The van der Waals surface area contributed by atoms with Gasteiger partial charge in [-0.2, -0.15) is 0 Å². The van der Waals surface area contributed by atoms with Crippen molar-refractivity contribution in [2.75, 3.05) is 13.1 Å². The van der Waals surface area contributed by atoms with Gasteiger partial charge in [0.15, 0.2) is 5.65 Å². The summed E-state index contributed by atoms with van der Waals surface area (Å²) in [4.78, 5) is 15.6. The van der Waals surface area contributed by atoms with Gasteiger partial charge in [0, 0.05) is 12.4 Å². The zero-order valence-electron chi connectivity index (χ0n) is 10.7. The van der Waals surface area contributed by atoms with Gasteiger partial charge in [-0.3, -0.25) is 0 Å². The van der Waals surface area contributed by atoms with E-state index >= 15 is 0 Å². The molecule has 0 spiro atoms. The highest BCUT2D eigenvalue weighted by Crippen LogP contribution is 2.19. The maximum atomic E-state index is 11.2. The van der Waals surface area contributed by atoms with Crippen molar-refractivity contribution in [3.05, 3.63) is 35.8 Å². The topological polar surface area (TPSA) is 66.6 Å². The van der Waals surface area contributed by atoms with E-state index in [1.54, 1.807) is 16.5 Å². The number of aromatic carboxylic acids is 1. The van der Waals surface area contributed by atoms with E-state index < -0.39 is 5.97 Å². The lowest BCUT2D eigenvalue weighted by Crippen LogP contribution is -2.28. The van der Waals surface area contributed by atoms with Crippen LogP contribution in [0, 0.1) is 5.92 Å². The molecule has 1 fully saturated rings. The second kappa shape index (κ2) is 5.01. The Morgan fingerprint density at radius 2 is 2.26 bits per heavy atom. The Hall–Kier alpha value is -1.88. The lowest BCUT2D eigenvalue weighted by Gasteiger charge is -2.21. The van der Waals surface area contributed by atoms with Crippen LogP contribution in [0.3, 0.4) is 0 Å². The van der Waals surface area contributed by atoms with E-state index in [0.717, 1.165) is 25.2 Å². The molecule has 3 rings (SSSR count). The molecule has 0 radical (unpaired) electrons. The first-order chi connectivity index (χ1) is 9.24. The number of carbonyl (C=O) groups is 1. The van der Waals surface area contributed by atoms with Crippen LogP contribution in [-0.4, -0.2) is 33.6 Å². The molecule has 1 aliphatic rings. The number of nitrogens with zero attached hydrogens (tertiary/aromatic N) is 2. The van der Waals surface area contributed by atoms with Crippen molar-refractivity contribution in [3.8, 4) is 0 Å². The summed E-state index contributed by atoms with van der Waals surface area (Å²) in [7, 11) is 0. The summed E-state index contributed by atoms with van der Waals surface area (Å²) in [6.45, 7) is 2.14. The predicted octanol–water partition coefficient (Wildman–Crippen LogP) is 1.57. The fourth-order valence-corrected chi connectivity index (χ4v) is 2.71. The summed E-state index contributed by atoms with van der Waals surface area (Å²) in [5, 5.41) is 12.5. The van der Waals surface area contributed by atoms with Gasteiger partial charge in [-0.15, -0.1) is 0 Å². The Morgan fingerprint density at radius 1 is 1.47 bits per heavy atom. The van der Waals surface area contributed by atoms with Crippen LogP contribution in [0.4, 0.5) is 0 Å². The summed E-state index contributed by atoms with van der Waals surface area (Å²) < 4.78 is 1.81. The Bertz CT molecular complexity index is 600. The summed E-state index contributed by atoms with van der Waals surface area (Å²) in [6, 6.07) is 3.34. The fourth-order valence-electron chi connectivity index (χ4n) is 2.71. The first-order valence-electron chi connectivity index (χ1n) is 6.64. The maximum absolute atomic E-state index is 11.2. The van der Waals surface area contributed by atoms with Crippen LogP contribution in [0.25, 0.3) is 5.65 Å². The molecule has 0 aliphatic carbocycles. The fraction of sp³-hybridized carbons (Fsp3) is 0.429. The van der Waals surface area contributed by atoms with E-state index in [2.05, 4.69) is 10.3 Å². The van der Waals surface area contributed by atoms with E-state index in [1.165, 1.54) is 12.8 Å². The largest absolute Gasteiger partial charge is 0.478 e. The second-order valence-electron chi connectivity index (χ2n) is 5.09. The molecule has 1 saturated heterocycles. The molecule has 5 heteroatoms. The molecule has 0 aromatic carbocycles. The van der Waals surface area contributed by atoms with Gasteiger partial charge >= 0.3 is 5.97 Å². The second-order valence-corrected chi connectivity index (χ2v) is 5.09. The number of hydrogen-bond acceptors (Lipinski definition) is 3. The molecule has 3 heterocycles. The van der Waals surface area contributed by atoms with Gasteiger partial charge in [-0.25, -0.2) is 9.78 Å². The third kappa shape index (κ3) is 2.46. The van der Waals surface area contributed by atoms with Gasteiger partial charge in [0.2, 0.25) is 0 Å². The first kappa shape index (κ1) is 12.2. The zero-order valence-corrected chi connectivity index (χ0v) is 10.7. The van der Waals surface area contributed by atoms with Crippen molar-refractivity contribution in [3.63, 3.8) is 0 Å². The number of rotatable bonds is 3. The number of carboxylic acid groups (broad SMARTS) is 1. The van der Waals surface area contributed by atoms with Crippen LogP contribution >= 0.6 is 0 Å². The quantitative estimate of drug-likeness (QED) is 0.878. The average molecular weight is 259 g/mol. The van der Waals surface area contributed by atoms with Gasteiger partial charge in [0.05, 0.1) is 5.69 Å². The molecule has 1 aliphatic heterocycles. The monoisotopic (exact) mass is 259 g/mol. The van der Waals surface area contributed by atoms with Crippen LogP contribution in [0.1, 0.15) is 28.9 Å². The molecular formula is C14H17N3O2. The highest BCUT2D eigenvalue weighted by molar-refractivity contribution is 5.94. The summed E-state index contributed by atoms with van der Waals surface area (Å²) in [5.41, 5.74) is 1.79. The van der Waals surface area contributed by atoms with Crippen LogP contribution in [0.15, 0.2) is 24.5 Å². The third-order valence-electron chi connectivity index (χ3n) is 3.72. The first-order valence-corrected chi connectivity index (χ1v) is 6.64. The molecule has 2 aromatic rings. The lowest BCUT2D eigenvalue weighted by atomic mass is 9.93. The number of aromatic nitrogens is 2. The highest BCUT2D eigenvalue weighted by atomic mass is 16.4. The summed E-state index contributed by atoms with van der Waals surface area (Å²) >= 11 is 0. The van der Waals surface area contributed by atoms with E-state index in [4.69, 9.17) is 5.11 Å². The minimum Gasteiger partial charge on any atom is -0.478 e. The Morgan fingerprint density at radius 3 is 3.00 bits per heavy atom. The zero-order chi connectivity index (χ0) is 13.2. The number of piperidine rings is 1. The van der Waals surface area contributed by atoms with Gasteiger partial charge in [0.1, 0.15) is 5.56 Å². The predicted molar refractivity (Wildman–Crippen MR) is 71.4 cm³/mol. The van der Waals surface area contributed by atoms with Crippen molar-refractivity contribution in [1.82, 2.24) is 14.7 Å². The number of imidazole rings is 1. The molecule has 0 amide bonds. The highest BCUT2D eigenvalue weighted by Gasteiger charge is 2.17. The smallest absolute Gasteiger partial charge is 0.339 e. The maximum Gasteiger partial charge on any atom is 0.339 e. The van der Waals surface area contributed by atoms with Crippen molar-refractivity contribution < 1.29 is 9.90 Å². The Kier molecular flexibility index (Phi) is 3.21. The van der Waals surface area contributed by atoms with E-state index in [-0.39, 0.29) is 5.56 Å². The van der Waals surface area contributed by atoms with Crippen molar-refractivity contribution in [2.45, 2.75) is 19.3 Å². The molecule has 5 nitrogen and oxygen atoms in total. The van der Waals surface area contributed by atoms with Crippen molar-refractivity contribution >= 4 is 11.6 Å². The van der Waals surface area contributed by atoms with Gasteiger partial charge in [-0.05, 0) is 50.4 Å². The molecule has 0 unspecified atom stereocenters. The van der Waals surface area contributed by atoms with E-state index in [0.29, 0.717) is 11.6 Å². The number of carboxylic acids is 1. The molecule has 2 aromatic heterocycles. The molecule has 0 saturated carbocycles.